The first-order valence-electron chi connectivity index (χ1n) is 9.14. The lowest BCUT2D eigenvalue weighted by Crippen LogP contribution is -2.27. The van der Waals surface area contributed by atoms with E-state index >= 15 is 0 Å². The van der Waals surface area contributed by atoms with E-state index in [9.17, 15) is 0 Å². The number of anilines is 1. The standard InChI is InChI=1S/C23H21N3/c1-16-8-7-11-18(14-16)22-15-20(17-9-3-2-4-10-17)25-23-24-19-12-5-6-13-21(19)26(22)23/h2-14,20,22H,15H2,1H3,(H,24,25)/t20-,22+/m0/s1. The van der Waals surface area contributed by atoms with Gasteiger partial charge in [0.2, 0.25) is 5.95 Å². The Bertz CT molecular complexity index is 1070. The lowest BCUT2D eigenvalue weighted by Gasteiger charge is -2.33. The summed E-state index contributed by atoms with van der Waals surface area (Å²) >= 11 is 0. The van der Waals surface area contributed by atoms with Gasteiger partial charge in [-0.1, -0.05) is 72.3 Å². The number of nitrogens with zero attached hydrogens (tertiary/aromatic N) is 2. The van der Waals surface area contributed by atoms with Crippen LogP contribution in [0.4, 0.5) is 5.95 Å². The van der Waals surface area contributed by atoms with E-state index in [1.54, 1.807) is 0 Å². The number of fused-ring (bicyclic) bond motifs is 3. The number of hydrogen-bond donors (Lipinski definition) is 1. The smallest absolute Gasteiger partial charge is 0.204 e. The van der Waals surface area contributed by atoms with Crippen molar-refractivity contribution in [3.05, 3.63) is 95.6 Å². The summed E-state index contributed by atoms with van der Waals surface area (Å²) in [7, 11) is 0. The minimum atomic E-state index is 0.256. The molecule has 0 saturated carbocycles. The van der Waals surface area contributed by atoms with Crippen molar-refractivity contribution >= 4 is 17.0 Å². The predicted octanol–water partition coefficient (Wildman–Crippen LogP) is 5.49. The molecule has 3 aromatic carbocycles. The molecule has 0 bridgehead atoms. The SMILES string of the molecule is Cc1cccc([C@H]2C[C@@H](c3ccccc3)Nc3nc4ccccc4n32)c1. The third-order valence-corrected chi connectivity index (χ3v) is 5.30. The Morgan fingerprint density at radius 1 is 0.885 bits per heavy atom. The minimum Gasteiger partial charge on any atom is -0.349 e. The highest BCUT2D eigenvalue weighted by atomic mass is 15.3. The molecule has 3 heteroatoms. The van der Waals surface area contributed by atoms with Crippen LogP contribution < -0.4 is 5.32 Å². The van der Waals surface area contributed by atoms with Gasteiger partial charge >= 0.3 is 0 Å². The summed E-state index contributed by atoms with van der Waals surface area (Å²) in [6.45, 7) is 2.16. The molecule has 1 aliphatic rings. The molecule has 26 heavy (non-hydrogen) atoms. The van der Waals surface area contributed by atoms with E-state index in [1.807, 2.05) is 0 Å². The minimum absolute atomic E-state index is 0.256. The van der Waals surface area contributed by atoms with Gasteiger partial charge in [-0.25, -0.2) is 4.98 Å². The van der Waals surface area contributed by atoms with Gasteiger partial charge in [0, 0.05) is 0 Å². The number of aromatic nitrogens is 2. The van der Waals surface area contributed by atoms with Crippen molar-refractivity contribution in [3.8, 4) is 0 Å². The van der Waals surface area contributed by atoms with Crippen LogP contribution in [-0.4, -0.2) is 9.55 Å². The second-order valence-corrected chi connectivity index (χ2v) is 7.07. The molecule has 2 atom stereocenters. The van der Waals surface area contributed by atoms with Crippen molar-refractivity contribution in [2.24, 2.45) is 0 Å². The molecule has 0 saturated heterocycles. The molecule has 4 aromatic rings. The first kappa shape index (κ1) is 15.2. The lowest BCUT2D eigenvalue weighted by atomic mass is 9.92. The van der Waals surface area contributed by atoms with Crippen molar-refractivity contribution in [3.63, 3.8) is 0 Å². The molecule has 3 nitrogen and oxygen atoms in total. The highest BCUT2D eigenvalue weighted by Gasteiger charge is 2.30. The van der Waals surface area contributed by atoms with Gasteiger partial charge in [-0.2, -0.15) is 0 Å². The first-order valence-corrected chi connectivity index (χ1v) is 9.14. The van der Waals surface area contributed by atoms with Crippen LogP contribution >= 0.6 is 0 Å². The van der Waals surface area contributed by atoms with Crippen LogP contribution in [0, 0.1) is 6.92 Å². The van der Waals surface area contributed by atoms with Crippen LogP contribution in [0.5, 0.6) is 0 Å². The number of benzene rings is 3. The maximum Gasteiger partial charge on any atom is 0.204 e. The Balaban J connectivity index is 1.69. The van der Waals surface area contributed by atoms with E-state index in [2.05, 4.69) is 95.7 Å². The van der Waals surface area contributed by atoms with E-state index in [1.165, 1.54) is 22.2 Å². The Hall–Kier alpha value is -3.07. The van der Waals surface area contributed by atoms with E-state index in [4.69, 9.17) is 4.98 Å². The molecule has 0 fully saturated rings. The fraction of sp³-hybridized carbons (Fsp3) is 0.174. The molecule has 5 rings (SSSR count). The third kappa shape index (κ3) is 2.48. The molecule has 1 aromatic heterocycles. The zero-order valence-corrected chi connectivity index (χ0v) is 14.8. The average molecular weight is 339 g/mol. The Kier molecular flexibility index (Phi) is 3.52. The molecular weight excluding hydrogens is 318 g/mol. The normalized spacial score (nSPS) is 19.1. The number of nitrogens with one attached hydrogen (secondary N) is 1. The Morgan fingerprint density at radius 3 is 2.50 bits per heavy atom. The van der Waals surface area contributed by atoms with Gasteiger partial charge in [0.15, 0.2) is 0 Å². The van der Waals surface area contributed by atoms with Gasteiger partial charge in [-0.05, 0) is 36.6 Å². The van der Waals surface area contributed by atoms with Gasteiger partial charge < -0.3 is 9.88 Å². The van der Waals surface area contributed by atoms with Crippen LogP contribution in [0.25, 0.3) is 11.0 Å². The zero-order valence-electron chi connectivity index (χ0n) is 14.8. The molecule has 0 unspecified atom stereocenters. The summed E-state index contributed by atoms with van der Waals surface area (Å²) in [5.74, 6) is 0.956. The van der Waals surface area contributed by atoms with Crippen LogP contribution in [0.1, 0.15) is 35.2 Å². The molecule has 1 N–H and O–H groups in total. The van der Waals surface area contributed by atoms with Crippen LogP contribution in [-0.2, 0) is 0 Å². The Labute approximate surface area is 153 Å². The number of para-hydroxylation sites is 2. The molecular formula is C23H21N3. The monoisotopic (exact) mass is 339 g/mol. The van der Waals surface area contributed by atoms with Gasteiger partial charge in [-0.15, -0.1) is 0 Å². The van der Waals surface area contributed by atoms with Crippen LogP contribution in [0.3, 0.4) is 0 Å². The lowest BCUT2D eigenvalue weighted by molar-refractivity contribution is 0.477. The number of hydrogen-bond acceptors (Lipinski definition) is 2. The fourth-order valence-electron chi connectivity index (χ4n) is 4.07. The molecule has 0 spiro atoms. The predicted molar refractivity (Wildman–Crippen MR) is 106 cm³/mol. The van der Waals surface area contributed by atoms with E-state index in [0.717, 1.165) is 17.9 Å². The van der Waals surface area contributed by atoms with Crippen LogP contribution in [0.15, 0.2) is 78.9 Å². The molecule has 2 heterocycles. The van der Waals surface area contributed by atoms with Gasteiger partial charge in [0.1, 0.15) is 0 Å². The summed E-state index contributed by atoms with van der Waals surface area (Å²) < 4.78 is 2.36. The van der Waals surface area contributed by atoms with Gasteiger partial charge in [0.25, 0.3) is 0 Å². The van der Waals surface area contributed by atoms with Crippen LogP contribution in [0.2, 0.25) is 0 Å². The van der Waals surface area contributed by atoms with E-state index in [-0.39, 0.29) is 12.1 Å². The zero-order chi connectivity index (χ0) is 17.5. The summed E-state index contributed by atoms with van der Waals surface area (Å²) in [5.41, 5.74) is 6.18. The second kappa shape index (κ2) is 6.03. The van der Waals surface area contributed by atoms with E-state index < -0.39 is 0 Å². The highest BCUT2D eigenvalue weighted by molar-refractivity contribution is 5.79. The van der Waals surface area contributed by atoms with E-state index in [0.29, 0.717) is 0 Å². The van der Waals surface area contributed by atoms with Crippen molar-refractivity contribution < 1.29 is 0 Å². The van der Waals surface area contributed by atoms with Gasteiger partial charge in [0.05, 0.1) is 23.1 Å². The summed E-state index contributed by atoms with van der Waals surface area (Å²) in [6, 6.07) is 28.5. The number of aryl methyl sites for hydroxylation is 1. The molecule has 0 amide bonds. The topological polar surface area (TPSA) is 29.9 Å². The fourth-order valence-corrected chi connectivity index (χ4v) is 4.07. The summed E-state index contributed by atoms with van der Waals surface area (Å²) in [4.78, 5) is 4.88. The van der Waals surface area contributed by atoms with Crippen molar-refractivity contribution in [1.29, 1.82) is 0 Å². The quantitative estimate of drug-likeness (QED) is 0.523. The van der Waals surface area contributed by atoms with Crippen molar-refractivity contribution in [1.82, 2.24) is 9.55 Å². The number of rotatable bonds is 2. The van der Waals surface area contributed by atoms with Gasteiger partial charge in [-0.3, -0.25) is 0 Å². The maximum absolute atomic E-state index is 4.88. The molecule has 1 aliphatic heterocycles. The third-order valence-electron chi connectivity index (χ3n) is 5.30. The Morgan fingerprint density at radius 2 is 1.65 bits per heavy atom. The molecule has 0 radical (unpaired) electrons. The summed E-state index contributed by atoms with van der Waals surface area (Å²) in [6.07, 6.45) is 1.00. The highest BCUT2D eigenvalue weighted by Crippen LogP contribution is 2.41. The largest absolute Gasteiger partial charge is 0.349 e. The second-order valence-electron chi connectivity index (χ2n) is 7.07. The number of imidazole rings is 1. The summed E-state index contributed by atoms with van der Waals surface area (Å²) in [5, 5.41) is 3.67. The average Bonchev–Trinajstić information content (AvgIpc) is 3.06. The van der Waals surface area contributed by atoms with Crippen molar-refractivity contribution in [2.45, 2.75) is 25.4 Å². The van der Waals surface area contributed by atoms with Crippen molar-refractivity contribution in [2.75, 3.05) is 5.32 Å². The molecule has 128 valence electrons. The maximum atomic E-state index is 4.88. The molecule has 0 aliphatic carbocycles. The first-order chi connectivity index (χ1) is 12.8.